The van der Waals surface area contributed by atoms with Gasteiger partial charge in [-0.3, -0.25) is 14.7 Å². The second-order valence-corrected chi connectivity index (χ2v) is 7.72. The van der Waals surface area contributed by atoms with Crippen LogP contribution in [0.5, 0.6) is 0 Å². The van der Waals surface area contributed by atoms with Crippen LogP contribution in [0.4, 0.5) is 0 Å². The van der Waals surface area contributed by atoms with Gasteiger partial charge in [-0.1, -0.05) is 22.0 Å². The zero-order valence-corrected chi connectivity index (χ0v) is 16.6. The number of carbonyl (C=O) groups is 1. The number of hydrogen-bond donors (Lipinski definition) is 1. The van der Waals surface area contributed by atoms with Gasteiger partial charge in [0.15, 0.2) is 5.72 Å². The van der Waals surface area contributed by atoms with E-state index in [4.69, 9.17) is 10.5 Å². The van der Waals surface area contributed by atoms with E-state index in [2.05, 4.69) is 35.9 Å². The topological polar surface area (TPSA) is 99.2 Å². The summed E-state index contributed by atoms with van der Waals surface area (Å²) in [5.74, 6) is -0.0121. The summed E-state index contributed by atoms with van der Waals surface area (Å²) in [5, 5.41) is 4.40. The molecule has 142 valence electrons. The van der Waals surface area contributed by atoms with Crippen molar-refractivity contribution in [2.24, 2.45) is 5.73 Å². The van der Waals surface area contributed by atoms with Crippen molar-refractivity contribution < 1.29 is 9.53 Å². The summed E-state index contributed by atoms with van der Waals surface area (Å²) < 4.78 is 9.02. The molecule has 0 spiro atoms. The number of rotatable bonds is 2. The highest BCUT2D eigenvalue weighted by atomic mass is 79.9. The van der Waals surface area contributed by atoms with Gasteiger partial charge in [0.2, 0.25) is 5.82 Å². The molecule has 5 rings (SSSR count). The van der Waals surface area contributed by atoms with Gasteiger partial charge in [0.05, 0.1) is 24.0 Å². The lowest BCUT2D eigenvalue weighted by Crippen LogP contribution is -2.44. The van der Waals surface area contributed by atoms with Crippen molar-refractivity contribution in [3.8, 4) is 5.69 Å². The number of nitrogens with zero attached hydrogens (tertiary/aromatic N) is 5. The number of aromatic nitrogens is 4. The molecule has 0 radical (unpaired) electrons. The second-order valence-electron chi connectivity index (χ2n) is 6.81. The van der Waals surface area contributed by atoms with E-state index in [0.717, 1.165) is 21.4 Å². The maximum Gasteiger partial charge on any atom is 0.288 e. The van der Waals surface area contributed by atoms with Gasteiger partial charge >= 0.3 is 0 Å². The Morgan fingerprint density at radius 3 is 2.96 bits per heavy atom. The lowest BCUT2D eigenvalue weighted by molar-refractivity contribution is -0.0708. The lowest BCUT2D eigenvalue weighted by Gasteiger charge is -2.38. The molecular weight excluding hydrogens is 424 g/mol. The zero-order chi connectivity index (χ0) is 19.5. The predicted molar refractivity (Wildman–Crippen MR) is 104 cm³/mol. The third-order valence-electron chi connectivity index (χ3n) is 5.31. The quantitative estimate of drug-likeness (QED) is 0.654. The van der Waals surface area contributed by atoms with E-state index in [1.165, 1.54) is 0 Å². The van der Waals surface area contributed by atoms with Crippen LogP contribution in [0.3, 0.4) is 0 Å². The number of primary amides is 1. The van der Waals surface area contributed by atoms with E-state index in [9.17, 15) is 4.79 Å². The molecule has 0 saturated carbocycles. The highest BCUT2D eigenvalue weighted by Crippen LogP contribution is 2.49. The molecule has 1 saturated heterocycles. The zero-order valence-electron chi connectivity index (χ0n) is 15.0. The van der Waals surface area contributed by atoms with Crippen molar-refractivity contribution in [3.63, 3.8) is 0 Å². The molecule has 1 amide bonds. The molecule has 1 aromatic carbocycles. The van der Waals surface area contributed by atoms with Crippen LogP contribution in [0.1, 0.15) is 40.7 Å². The third-order valence-corrected chi connectivity index (χ3v) is 5.80. The summed E-state index contributed by atoms with van der Waals surface area (Å²) in [6.45, 7) is 3.25. The molecule has 1 fully saturated rings. The Hall–Kier alpha value is -2.62. The molecule has 0 aliphatic carbocycles. The van der Waals surface area contributed by atoms with Crippen LogP contribution in [0.25, 0.3) is 5.69 Å². The van der Waals surface area contributed by atoms with Crippen LogP contribution >= 0.6 is 15.9 Å². The fourth-order valence-electron chi connectivity index (χ4n) is 4.13. The maximum atomic E-state index is 11.7. The molecule has 8 nitrogen and oxygen atoms in total. The van der Waals surface area contributed by atoms with Crippen LogP contribution in [-0.2, 0) is 10.5 Å². The van der Waals surface area contributed by atoms with E-state index < -0.39 is 11.6 Å². The minimum atomic E-state index is -0.880. The Balaban J connectivity index is 1.87. The Morgan fingerprint density at radius 1 is 1.36 bits per heavy atom. The minimum Gasteiger partial charge on any atom is -0.363 e. The van der Waals surface area contributed by atoms with Crippen LogP contribution in [0.15, 0.2) is 47.1 Å². The summed E-state index contributed by atoms with van der Waals surface area (Å²) in [4.78, 5) is 23.0. The number of halogens is 1. The van der Waals surface area contributed by atoms with E-state index >= 15 is 0 Å². The highest BCUT2D eigenvalue weighted by Gasteiger charge is 2.53. The molecule has 4 heterocycles. The van der Waals surface area contributed by atoms with E-state index in [-0.39, 0.29) is 11.9 Å². The van der Waals surface area contributed by atoms with Gasteiger partial charge in [0, 0.05) is 22.8 Å². The maximum absolute atomic E-state index is 11.7. The van der Waals surface area contributed by atoms with Crippen LogP contribution in [0, 0.1) is 0 Å². The summed E-state index contributed by atoms with van der Waals surface area (Å²) in [6, 6.07) is 11.5. The Kier molecular flexibility index (Phi) is 3.87. The van der Waals surface area contributed by atoms with Gasteiger partial charge in [0.1, 0.15) is 5.82 Å². The lowest BCUT2D eigenvalue weighted by atomic mass is 9.95. The van der Waals surface area contributed by atoms with Gasteiger partial charge in [-0.05, 0) is 37.3 Å². The van der Waals surface area contributed by atoms with E-state index in [1.54, 1.807) is 10.9 Å². The van der Waals surface area contributed by atoms with Crippen molar-refractivity contribution in [1.82, 2.24) is 24.6 Å². The normalized spacial score (nSPS) is 23.6. The average molecular weight is 441 g/mol. The molecule has 2 aliphatic rings. The third kappa shape index (κ3) is 2.30. The molecule has 2 unspecified atom stereocenters. The van der Waals surface area contributed by atoms with Crippen LogP contribution in [0.2, 0.25) is 0 Å². The van der Waals surface area contributed by atoms with Crippen molar-refractivity contribution in [2.75, 3.05) is 13.2 Å². The standard InChI is InChI=1S/C19H17BrN6O2/c1-11-18-23-17(16(21)27)24-26(18)14-6-5-12(20)10-13(14)19(25(11)8-9-28-19)15-4-2-3-7-22-15/h2-7,10-11H,8-9H2,1H3,(H2,21,27). The molecule has 0 bridgehead atoms. The van der Waals surface area contributed by atoms with E-state index in [1.807, 2.05) is 43.3 Å². The first-order valence-electron chi connectivity index (χ1n) is 8.92. The number of benzene rings is 1. The number of carbonyl (C=O) groups excluding carboxylic acids is 1. The average Bonchev–Trinajstić information content (AvgIpc) is 3.32. The van der Waals surface area contributed by atoms with Crippen molar-refractivity contribution in [1.29, 1.82) is 0 Å². The van der Waals surface area contributed by atoms with E-state index in [0.29, 0.717) is 19.0 Å². The first-order chi connectivity index (χ1) is 13.5. The highest BCUT2D eigenvalue weighted by molar-refractivity contribution is 9.10. The van der Waals surface area contributed by atoms with Gasteiger partial charge in [-0.15, -0.1) is 5.10 Å². The first kappa shape index (κ1) is 17.5. The largest absolute Gasteiger partial charge is 0.363 e. The first-order valence-corrected chi connectivity index (χ1v) is 9.71. The number of hydrogen-bond acceptors (Lipinski definition) is 6. The Bertz CT molecular complexity index is 1090. The Labute approximate surface area is 169 Å². The fraction of sp³-hybridized carbons (Fsp3) is 0.263. The van der Waals surface area contributed by atoms with Gasteiger partial charge in [0.25, 0.3) is 5.91 Å². The summed E-state index contributed by atoms with van der Waals surface area (Å²) >= 11 is 3.58. The molecule has 2 aliphatic heterocycles. The molecule has 28 heavy (non-hydrogen) atoms. The summed E-state index contributed by atoms with van der Waals surface area (Å²) in [6.07, 6.45) is 1.76. The number of amides is 1. The monoisotopic (exact) mass is 440 g/mol. The van der Waals surface area contributed by atoms with Gasteiger partial charge in [-0.2, -0.15) is 0 Å². The number of nitrogens with two attached hydrogens (primary N) is 1. The van der Waals surface area contributed by atoms with Gasteiger partial charge < -0.3 is 10.5 Å². The molecule has 2 atom stereocenters. The van der Waals surface area contributed by atoms with Crippen molar-refractivity contribution >= 4 is 21.8 Å². The second kappa shape index (κ2) is 6.20. The number of fused-ring (bicyclic) bond motifs is 5. The van der Waals surface area contributed by atoms with Crippen LogP contribution < -0.4 is 5.73 Å². The molecule has 9 heteroatoms. The number of pyridine rings is 1. The molecule has 2 aromatic heterocycles. The minimum absolute atomic E-state index is 0.00108. The van der Waals surface area contributed by atoms with Crippen LogP contribution in [-0.4, -0.2) is 43.7 Å². The van der Waals surface area contributed by atoms with Gasteiger partial charge in [-0.25, -0.2) is 9.67 Å². The fourth-order valence-corrected chi connectivity index (χ4v) is 4.49. The number of ether oxygens (including phenoxy) is 1. The molecule has 2 N–H and O–H groups in total. The summed E-state index contributed by atoms with van der Waals surface area (Å²) in [7, 11) is 0. The molecule has 3 aromatic rings. The Morgan fingerprint density at radius 2 is 2.21 bits per heavy atom. The molecular formula is C19H17BrN6O2. The SMILES string of the molecule is CC1c2nc(C(N)=O)nn2-c2ccc(Br)cc2C2(c3ccccn3)OCCN12. The van der Waals surface area contributed by atoms with Crippen molar-refractivity contribution in [3.05, 3.63) is 70.0 Å². The van der Waals surface area contributed by atoms with Crippen molar-refractivity contribution in [2.45, 2.75) is 18.7 Å². The smallest absolute Gasteiger partial charge is 0.288 e. The predicted octanol–water partition coefficient (Wildman–Crippen LogP) is 2.13. The summed E-state index contributed by atoms with van der Waals surface area (Å²) in [5.41, 5.74) is 7.01.